The zero-order valence-electron chi connectivity index (χ0n) is 14.9. The summed E-state index contributed by atoms with van der Waals surface area (Å²) in [5.74, 6) is -0.284. The van der Waals surface area contributed by atoms with Crippen LogP contribution in [-0.2, 0) is 15.3 Å². The third-order valence-electron chi connectivity index (χ3n) is 4.81. The molecule has 0 amide bonds. The molecule has 0 heterocycles. The molecule has 0 bridgehead atoms. The van der Waals surface area contributed by atoms with Gasteiger partial charge >= 0.3 is 0 Å². The van der Waals surface area contributed by atoms with E-state index in [-0.39, 0.29) is 10.6 Å². The Balaban J connectivity index is 2.14. The van der Waals surface area contributed by atoms with Crippen LogP contribution < -0.4 is 0 Å². The quantitative estimate of drug-likeness (QED) is 0.623. The molecular weight excluding hydrogens is 356 g/mol. The predicted octanol–water partition coefficient (Wildman–Crippen LogP) is 4.32. The minimum atomic E-state index is -3.66. The molecule has 0 fully saturated rings. The van der Waals surface area contributed by atoms with Crippen molar-refractivity contribution in [1.82, 2.24) is 0 Å². The van der Waals surface area contributed by atoms with E-state index < -0.39 is 21.4 Å². The van der Waals surface area contributed by atoms with Gasteiger partial charge in [0.05, 0.1) is 22.2 Å². The standard InChI is InChI=1S/C23H22O3S/c1-2-23(20-14-8-4-9-15-20,22(24)19-12-6-3-7-13-19)18-27(25,26)21-16-10-5-11-17-21/h2-17,22,24H,1,18H2/t22-,23+/m1/s1. The maximum Gasteiger partial charge on any atom is 0.179 e. The molecule has 1 N–H and O–H groups in total. The van der Waals surface area contributed by atoms with Gasteiger partial charge in [0, 0.05) is 0 Å². The molecule has 27 heavy (non-hydrogen) atoms. The fourth-order valence-electron chi connectivity index (χ4n) is 3.32. The highest BCUT2D eigenvalue weighted by molar-refractivity contribution is 7.91. The van der Waals surface area contributed by atoms with Crippen molar-refractivity contribution in [2.45, 2.75) is 16.4 Å². The van der Waals surface area contributed by atoms with Gasteiger partial charge in [0.1, 0.15) is 0 Å². The van der Waals surface area contributed by atoms with E-state index in [1.165, 1.54) is 0 Å². The van der Waals surface area contributed by atoms with Gasteiger partial charge in [0.2, 0.25) is 0 Å². The molecule has 0 aliphatic heterocycles. The lowest BCUT2D eigenvalue weighted by atomic mass is 9.75. The lowest BCUT2D eigenvalue weighted by Crippen LogP contribution is -2.39. The lowest BCUT2D eigenvalue weighted by molar-refractivity contribution is 0.117. The number of aliphatic hydroxyl groups is 1. The molecule has 0 spiro atoms. The van der Waals surface area contributed by atoms with E-state index >= 15 is 0 Å². The number of sulfone groups is 1. The van der Waals surface area contributed by atoms with Crippen LogP contribution in [0.4, 0.5) is 0 Å². The summed E-state index contributed by atoms with van der Waals surface area (Å²) in [4.78, 5) is 0.229. The Morgan fingerprint density at radius 1 is 0.852 bits per heavy atom. The van der Waals surface area contributed by atoms with E-state index in [1.807, 2.05) is 48.5 Å². The van der Waals surface area contributed by atoms with Crippen molar-refractivity contribution < 1.29 is 13.5 Å². The normalized spacial score (nSPS) is 14.9. The molecule has 3 aromatic carbocycles. The van der Waals surface area contributed by atoms with Crippen LogP contribution in [0.1, 0.15) is 17.2 Å². The molecule has 3 aromatic rings. The maximum atomic E-state index is 13.2. The average molecular weight is 378 g/mol. The van der Waals surface area contributed by atoms with Crippen LogP contribution in [-0.4, -0.2) is 19.3 Å². The molecule has 0 aromatic heterocycles. The van der Waals surface area contributed by atoms with E-state index in [9.17, 15) is 13.5 Å². The Morgan fingerprint density at radius 3 is 1.85 bits per heavy atom. The molecule has 0 saturated heterocycles. The third kappa shape index (κ3) is 3.87. The minimum Gasteiger partial charge on any atom is -0.387 e. The topological polar surface area (TPSA) is 54.4 Å². The molecule has 0 radical (unpaired) electrons. The average Bonchev–Trinajstić information content (AvgIpc) is 2.73. The molecule has 4 heteroatoms. The van der Waals surface area contributed by atoms with Gasteiger partial charge in [-0.2, -0.15) is 0 Å². The molecule has 0 aliphatic rings. The van der Waals surface area contributed by atoms with Gasteiger partial charge in [-0.15, -0.1) is 6.58 Å². The van der Waals surface area contributed by atoms with Gasteiger partial charge in [0.15, 0.2) is 9.84 Å². The van der Waals surface area contributed by atoms with E-state index in [2.05, 4.69) is 6.58 Å². The van der Waals surface area contributed by atoms with Crippen molar-refractivity contribution in [2.75, 3.05) is 5.75 Å². The highest BCUT2D eigenvalue weighted by Crippen LogP contribution is 2.41. The summed E-state index contributed by atoms with van der Waals surface area (Å²) in [6.45, 7) is 3.91. The summed E-state index contributed by atoms with van der Waals surface area (Å²) in [5.41, 5.74) is 0.164. The van der Waals surface area contributed by atoms with Crippen LogP contribution in [0.3, 0.4) is 0 Å². The second-order valence-electron chi connectivity index (χ2n) is 6.50. The van der Waals surface area contributed by atoms with Gasteiger partial charge in [-0.3, -0.25) is 0 Å². The van der Waals surface area contributed by atoms with Gasteiger partial charge in [-0.1, -0.05) is 84.9 Å². The van der Waals surface area contributed by atoms with Crippen LogP contribution in [0, 0.1) is 0 Å². The fraction of sp³-hybridized carbons (Fsp3) is 0.130. The van der Waals surface area contributed by atoms with Crippen molar-refractivity contribution in [3.8, 4) is 0 Å². The van der Waals surface area contributed by atoms with Crippen LogP contribution in [0.2, 0.25) is 0 Å². The first kappa shape index (κ1) is 19.1. The Morgan fingerprint density at radius 2 is 1.33 bits per heavy atom. The van der Waals surface area contributed by atoms with Crippen molar-refractivity contribution in [3.63, 3.8) is 0 Å². The number of hydrogen-bond acceptors (Lipinski definition) is 3. The van der Waals surface area contributed by atoms with E-state index in [0.29, 0.717) is 11.1 Å². The van der Waals surface area contributed by atoms with Crippen molar-refractivity contribution >= 4 is 9.84 Å². The first-order chi connectivity index (χ1) is 13.0. The lowest BCUT2D eigenvalue weighted by Gasteiger charge is -2.36. The summed E-state index contributed by atoms with van der Waals surface area (Å²) in [5, 5.41) is 11.3. The highest BCUT2D eigenvalue weighted by Gasteiger charge is 2.42. The number of hydrogen-bond donors (Lipinski definition) is 1. The van der Waals surface area contributed by atoms with Crippen LogP contribution in [0.5, 0.6) is 0 Å². The van der Waals surface area contributed by atoms with E-state index in [4.69, 9.17) is 0 Å². The van der Waals surface area contributed by atoms with Crippen LogP contribution >= 0.6 is 0 Å². The largest absolute Gasteiger partial charge is 0.387 e. The monoisotopic (exact) mass is 378 g/mol. The summed E-state index contributed by atoms with van der Waals surface area (Å²) < 4.78 is 26.3. The Hall–Kier alpha value is -2.69. The van der Waals surface area contributed by atoms with Gasteiger partial charge < -0.3 is 5.11 Å². The second kappa shape index (κ2) is 7.91. The summed E-state index contributed by atoms with van der Waals surface area (Å²) >= 11 is 0. The summed E-state index contributed by atoms with van der Waals surface area (Å²) in [6, 6.07) is 26.6. The zero-order valence-corrected chi connectivity index (χ0v) is 15.7. The first-order valence-electron chi connectivity index (χ1n) is 8.69. The highest BCUT2D eigenvalue weighted by atomic mass is 32.2. The summed E-state index contributed by atoms with van der Waals surface area (Å²) in [6.07, 6.45) is 0.498. The predicted molar refractivity (Wildman–Crippen MR) is 108 cm³/mol. The summed E-state index contributed by atoms with van der Waals surface area (Å²) in [7, 11) is -3.66. The van der Waals surface area contributed by atoms with Crippen LogP contribution in [0.25, 0.3) is 0 Å². The third-order valence-corrected chi connectivity index (χ3v) is 6.66. The van der Waals surface area contributed by atoms with Gasteiger partial charge in [0.25, 0.3) is 0 Å². The minimum absolute atomic E-state index is 0.229. The SMILES string of the molecule is C=C[C@](CS(=O)(=O)c1ccccc1)(c1ccccc1)[C@H](O)c1ccccc1. The first-order valence-corrected chi connectivity index (χ1v) is 10.3. The second-order valence-corrected chi connectivity index (χ2v) is 8.49. The smallest absolute Gasteiger partial charge is 0.179 e. The molecule has 138 valence electrons. The molecule has 2 atom stereocenters. The fourth-order valence-corrected chi connectivity index (χ4v) is 5.13. The van der Waals surface area contributed by atoms with Crippen LogP contribution in [0.15, 0.2) is 109 Å². The molecular formula is C23H22O3S. The van der Waals surface area contributed by atoms with E-state index in [1.54, 1.807) is 48.5 Å². The van der Waals surface area contributed by atoms with Crippen molar-refractivity contribution in [1.29, 1.82) is 0 Å². The van der Waals surface area contributed by atoms with Crippen molar-refractivity contribution in [3.05, 3.63) is 115 Å². The maximum absolute atomic E-state index is 13.2. The Kier molecular flexibility index (Phi) is 5.59. The van der Waals surface area contributed by atoms with Gasteiger partial charge in [-0.05, 0) is 23.3 Å². The molecule has 3 rings (SSSR count). The number of aliphatic hydroxyl groups excluding tert-OH is 1. The molecule has 0 aliphatic carbocycles. The van der Waals surface area contributed by atoms with Crippen molar-refractivity contribution in [2.24, 2.45) is 0 Å². The molecule has 0 unspecified atom stereocenters. The Labute approximate surface area is 160 Å². The zero-order chi connectivity index (χ0) is 19.3. The molecule has 0 saturated carbocycles. The Bertz CT molecular complexity index is 984. The van der Waals surface area contributed by atoms with Gasteiger partial charge in [-0.25, -0.2) is 8.42 Å². The molecule has 3 nitrogen and oxygen atoms in total. The number of benzene rings is 3. The van der Waals surface area contributed by atoms with E-state index in [0.717, 1.165) is 0 Å². The number of rotatable bonds is 7.